The smallest absolute Gasteiger partial charge is 0.257 e. The van der Waals surface area contributed by atoms with Crippen molar-refractivity contribution in [3.63, 3.8) is 0 Å². The summed E-state index contributed by atoms with van der Waals surface area (Å²) in [5.74, 6) is 0.138. The second-order valence-electron chi connectivity index (χ2n) is 4.79. The number of hydrogen-bond donors (Lipinski definition) is 2. The van der Waals surface area contributed by atoms with Crippen molar-refractivity contribution in [2.45, 2.75) is 6.54 Å². The average Bonchev–Trinajstić information content (AvgIpc) is 2.46. The van der Waals surface area contributed by atoms with E-state index in [-0.39, 0.29) is 17.2 Å². The number of rotatable bonds is 4. The summed E-state index contributed by atoms with van der Waals surface area (Å²) in [4.78, 5) is 13.9. The third kappa shape index (κ3) is 3.45. The molecule has 0 radical (unpaired) electrons. The van der Waals surface area contributed by atoms with E-state index in [2.05, 4.69) is 0 Å². The summed E-state index contributed by atoms with van der Waals surface area (Å²) in [5.41, 5.74) is 7.54. The fourth-order valence-corrected chi connectivity index (χ4v) is 2.06. The largest absolute Gasteiger partial charge is 0.507 e. The number of aromatic hydroxyl groups is 1. The normalized spacial score (nSPS) is 10.2. The lowest BCUT2D eigenvalue weighted by Crippen LogP contribution is -2.26. The zero-order valence-electron chi connectivity index (χ0n) is 12.0. The van der Waals surface area contributed by atoms with E-state index in [1.165, 1.54) is 18.1 Å². The number of ether oxygens (including phenoxy) is 1. The molecular weight excluding hydrogens is 268 g/mol. The Kier molecular flexibility index (Phi) is 4.33. The summed E-state index contributed by atoms with van der Waals surface area (Å²) < 4.78 is 5.00. The molecule has 3 N–H and O–H groups in total. The lowest BCUT2D eigenvalue weighted by molar-refractivity contribution is 0.0782. The van der Waals surface area contributed by atoms with Gasteiger partial charge in [-0.05, 0) is 29.8 Å². The predicted octanol–water partition coefficient (Wildman–Crippen LogP) is 2.26. The van der Waals surface area contributed by atoms with Crippen molar-refractivity contribution >= 4 is 11.6 Å². The molecule has 0 aliphatic carbocycles. The van der Waals surface area contributed by atoms with Gasteiger partial charge < -0.3 is 20.5 Å². The van der Waals surface area contributed by atoms with Gasteiger partial charge in [0.05, 0.1) is 12.7 Å². The first-order valence-electron chi connectivity index (χ1n) is 6.48. The number of phenols is 1. The molecule has 0 aliphatic rings. The van der Waals surface area contributed by atoms with E-state index < -0.39 is 0 Å². The van der Waals surface area contributed by atoms with Crippen molar-refractivity contribution in [3.8, 4) is 11.5 Å². The monoisotopic (exact) mass is 286 g/mol. The lowest BCUT2D eigenvalue weighted by Gasteiger charge is -2.18. The third-order valence-electron chi connectivity index (χ3n) is 3.15. The molecule has 0 saturated carbocycles. The first-order valence-corrected chi connectivity index (χ1v) is 6.48. The highest BCUT2D eigenvalue weighted by Crippen LogP contribution is 2.24. The molecule has 5 nitrogen and oxygen atoms in total. The van der Waals surface area contributed by atoms with E-state index in [4.69, 9.17) is 10.5 Å². The maximum absolute atomic E-state index is 12.3. The van der Waals surface area contributed by atoms with Crippen molar-refractivity contribution in [1.29, 1.82) is 0 Å². The van der Waals surface area contributed by atoms with Crippen molar-refractivity contribution in [2.75, 3.05) is 19.9 Å². The van der Waals surface area contributed by atoms with Crippen LogP contribution in [0.5, 0.6) is 11.5 Å². The van der Waals surface area contributed by atoms with Crippen LogP contribution in [0.25, 0.3) is 0 Å². The van der Waals surface area contributed by atoms with Gasteiger partial charge >= 0.3 is 0 Å². The molecule has 21 heavy (non-hydrogen) atoms. The molecule has 0 saturated heterocycles. The van der Waals surface area contributed by atoms with Crippen LogP contribution in [0, 0.1) is 0 Å². The highest BCUT2D eigenvalue weighted by Gasteiger charge is 2.16. The minimum absolute atomic E-state index is 0.0984. The zero-order valence-corrected chi connectivity index (χ0v) is 12.0. The van der Waals surface area contributed by atoms with Gasteiger partial charge in [-0.15, -0.1) is 0 Å². The number of methoxy groups -OCH3 is 1. The van der Waals surface area contributed by atoms with Crippen LogP contribution < -0.4 is 10.5 Å². The minimum Gasteiger partial charge on any atom is -0.507 e. The van der Waals surface area contributed by atoms with Crippen LogP contribution in [0.2, 0.25) is 0 Å². The summed E-state index contributed by atoms with van der Waals surface area (Å²) >= 11 is 0. The molecule has 0 unspecified atom stereocenters. The topological polar surface area (TPSA) is 75.8 Å². The van der Waals surface area contributed by atoms with E-state index in [1.807, 2.05) is 18.2 Å². The summed E-state index contributed by atoms with van der Waals surface area (Å²) in [5, 5.41) is 9.90. The SMILES string of the molecule is COc1ccc(C(=O)N(C)Cc2cccc(N)c2)c(O)c1. The van der Waals surface area contributed by atoms with E-state index in [9.17, 15) is 9.90 Å². The number of nitrogen functional groups attached to an aromatic ring is 1. The Labute approximate surface area is 123 Å². The fourth-order valence-electron chi connectivity index (χ4n) is 2.06. The zero-order chi connectivity index (χ0) is 15.4. The number of hydrogen-bond acceptors (Lipinski definition) is 4. The Hall–Kier alpha value is -2.69. The highest BCUT2D eigenvalue weighted by molar-refractivity contribution is 5.96. The molecule has 1 amide bonds. The number of anilines is 1. The van der Waals surface area contributed by atoms with Crippen LogP contribution in [0.3, 0.4) is 0 Å². The van der Waals surface area contributed by atoms with Gasteiger partial charge in [-0.2, -0.15) is 0 Å². The first kappa shape index (κ1) is 14.7. The van der Waals surface area contributed by atoms with Crippen LogP contribution in [0.15, 0.2) is 42.5 Å². The van der Waals surface area contributed by atoms with Gasteiger partial charge in [0.1, 0.15) is 11.5 Å². The summed E-state index contributed by atoms with van der Waals surface area (Å²) in [6.07, 6.45) is 0. The van der Waals surface area contributed by atoms with Crippen LogP contribution in [0.4, 0.5) is 5.69 Å². The van der Waals surface area contributed by atoms with Gasteiger partial charge in [-0.1, -0.05) is 12.1 Å². The molecule has 0 spiro atoms. The summed E-state index contributed by atoms with van der Waals surface area (Å²) in [7, 11) is 3.18. The van der Waals surface area contributed by atoms with E-state index in [0.29, 0.717) is 18.0 Å². The Morgan fingerprint density at radius 3 is 2.67 bits per heavy atom. The standard InChI is InChI=1S/C16H18N2O3/c1-18(10-11-4-3-5-12(17)8-11)16(20)14-7-6-13(21-2)9-15(14)19/h3-9,19H,10,17H2,1-2H3. The van der Waals surface area contributed by atoms with Crippen molar-refractivity contribution in [3.05, 3.63) is 53.6 Å². The number of benzene rings is 2. The molecule has 0 aliphatic heterocycles. The minimum atomic E-state index is -0.266. The molecule has 110 valence electrons. The molecule has 2 aromatic rings. The van der Waals surface area contributed by atoms with Gasteiger partial charge in [-0.3, -0.25) is 4.79 Å². The van der Waals surface area contributed by atoms with Gasteiger partial charge in [0.2, 0.25) is 0 Å². The Morgan fingerprint density at radius 2 is 2.05 bits per heavy atom. The van der Waals surface area contributed by atoms with Crippen LogP contribution in [-0.2, 0) is 6.54 Å². The molecule has 5 heteroatoms. The summed E-state index contributed by atoms with van der Waals surface area (Å²) in [6.45, 7) is 0.412. The summed E-state index contributed by atoms with van der Waals surface area (Å²) in [6, 6.07) is 12.0. The second-order valence-corrected chi connectivity index (χ2v) is 4.79. The maximum atomic E-state index is 12.3. The molecule has 2 aromatic carbocycles. The average molecular weight is 286 g/mol. The molecule has 0 aromatic heterocycles. The molecule has 0 bridgehead atoms. The van der Waals surface area contributed by atoms with Gasteiger partial charge in [-0.25, -0.2) is 0 Å². The van der Waals surface area contributed by atoms with Gasteiger partial charge in [0.25, 0.3) is 5.91 Å². The molecule has 0 fully saturated rings. The lowest BCUT2D eigenvalue weighted by atomic mass is 10.1. The number of nitrogens with zero attached hydrogens (tertiary/aromatic N) is 1. The van der Waals surface area contributed by atoms with E-state index in [1.54, 1.807) is 25.2 Å². The number of amides is 1. The predicted molar refractivity (Wildman–Crippen MR) is 81.3 cm³/mol. The maximum Gasteiger partial charge on any atom is 0.257 e. The fraction of sp³-hybridized carbons (Fsp3) is 0.188. The number of phenolic OH excluding ortho intramolecular Hbond substituents is 1. The molecule has 0 atom stereocenters. The van der Waals surface area contributed by atoms with E-state index in [0.717, 1.165) is 5.56 Å². The third-order valence-corrected chi connectivity index (χ3v) is 3.15. The Bertz CT molecular complexity index is 656. The Balaban J connectivity index is 2.15. The van der Waals surface area contributed by atoms with E-state index >= 15 is 0 Å². The Morgan fingerprint density at radius 1 is 1.29 bits per heavy atom. The number of carbonyl (C=O) groups excluding carboxylic acids is 1. The van der Waals surface area contributed by atoms with Crippen LogP contribution in [0.1, 0.15) is 15.9 Å². The van der Waals surface area contributed by atoms with Crippen LogP contribution in [-0.4, -0.2) is 30.1 Å². The second kappa shape index (κ2) is 6.17. The van der Waals surface area contributed by atoms with Gasteiger partial charge in [0, 0.05) is 25.3 Å². The molecular formula is C16H18N2O3. The van der Waals surface area contributed by atoms with Gasteiger partial charge in [0.15, 0.2) is 0 Å². The number of nitrogens with two attached hydrogens (primary N) is 1. The molecule has 2 rings (SSSR count). The quantitative estimate of drug-likeness (QED) is 0.845. The van der Waals surface area contributed by atoms with Crippen LogP contribution >= 0.6 is 0 Å². The van der Waals surface area contributed by atoms with Crippen molar-refractivity contribution in [1.82, 2.24) is 4.90 Å². The number of carbonyl (C=O) groups is 1. The highest BCUT2D eigenvalue weighted by atomic mass is 16.5. The molecule has 0 heterocycles. The van der Waals surface area contributed by atoms with Crippen molar-refractivity contribution in [2.24, 2.45) is 0 Å². The van der Waals surface area contributed by atoms with Crippen molar-refractivity contribution < 1.29 is 14.6 Å². The first-order chi connectivity index (χ1) is 10.0.